The Hall–Kier alpha value is -2.37. The predicted molar refractivity (Wildman–Crippen MR) is 76.6 cm³/mol. The lowest BCUT2D eigenvalue weighted by Crippen LogP contribution is -2.33. The van der Waals surface area contributed by atoms with Crippen molar-refractivity contribution in [1.82, 2.24) is 4.90 Å². The van der Waals surface area contributed by atoms with Gasteiger partial charge >= 0.3 is 5.97 Å². The second-order valence-electron chi connectivity index (χ2n) is 4.92. The Kier molecular flexibility index (Phi) is 4.92. The third-order valence-electron chi connectivity index (χ3n) is 3.29. The van der Waals surface area contributed by atoms with Crippen LogP contribution in [0.5, 0.6) is 0 Å². The van der Waals surface area contributed by atoms with Crippen LogP contribution in [0.2, 0.25) is 0 Å². The molecule has 1 heterocycles. The van der Waals surface area contributed by atoms with Crippen molar-refractivity contribution in [3.8, 4) is 0 Å². The van der Waals surface area contributed by atoms with Gasteiger partial charge in [0.25, 0.3) is 0 Å². The van der Waals surface area contributed by atoms with Crippen LogP contribution in [0.3, 0.4) is 0 Å². The summed E-state index contributed by atoms with van der Waals surface area (Å²) in [6.07, 6.45) is 1.48. The van der Waals surface area contributed by atoms with Crippen LogP contribution in [0.25, 0.3) is 0 Å². The zero-order chi connectivity index (χ0) is 15.2. The molecule has 2 amide bonds. The Bertz CT molecular complexity index is 556. The van der Waals surface area contributed by atoms with Gasteiger partial charge in [-0.05, 0) is 24.1 Å². The summed E-state index contributed by atoms with van der Waals surface area (Å²) < 4.78 is 4.61. The van der Waals surface area contributed by atoms with E-state index in [4.69, 9.17) is 0 Å². The third kappa shape index (κ3) is 4.30. The van der Waals surface area contributed by atoms with Crippen molar-refractivity contribution in [1.29, 1.82) is 0 Å². The number of esters is 1. The summed E-state index contributed by atoms with van der Waals surface area (Å²) in [5, 5.41) is 2.74. The van der Waals surface area contributed by atoms with E-state index in [1.165, 1.54) is 7.11 Å². The second-order valence-corrected chi connectivity index (χ2v) is 4.92. The van der Waals surface area contributed by atoms with Gasteiger partial charge in [-0.3, -0.25) is 14.4 Å². The van der Waals surface area contributed by atoms with Crippen LogP contribution < -0.4 is 5.32 Å². The maximum absolute atomic E-state index is 11.9. The second kappa shape index (κ2) is 6.88. The first-order valence-corrected chi connectivity index (χ1v) is 6.82. The number of carbonyl (C=O) groups is 3. The molecule has 0 atom stereocenters. The summed E-state index contributed by atoms with van der Waals surface area (Å²) in [5.41, 5.74) is 1.37. The number of likely N-dealkylation sites (tertiary alicyclic amines) is 1. The smallest absolute Gasteiger partial charge is 0.309 e. The van der Waals surface area contributed by atoms with Gasteiger partial charge in [0.1, 0.15) is 0 Å². The van der Waals surface area contributed by atoms with Crippen molar-refractivity contribution in [2.75, 3.05) is 25.5 Å². The molecule has 0 spiro atoms. The standard InChI is InChI=1S/C15H18N2O4/c1-21-15(20)9-11-4-2-5-12(8-11)16-13(18)10-17-7-3-6-14(17)19/h2,4-5,8H,3,6-7,9-10H2,1H3,(H,16,18). The van der Waals surface area contributed by atoms with E-state index in [0.29, 0.717) is 18.7 Å². The number of amides is 2. The van der Waals surface area contributed by atoms with E-state index >= 15 is 0 Å². The molecule has 112 valence electrons. The number of ether oxygens (including phenoxy) is 1. The maximum Gasteiger partial charge on any atom is 0.309 e. The number of nitrogens with one attached hydrogen (secondary N) is 1. The molecule has 0 unspecified atom stereocenters. The number of hydrogen-bond acceptors (Lipinski definition) is 4. The molecular weight excluding hydrogens is 272 g/mol. The fraction of sp³-hybridized carbons (Fsp3) is 0.400. The number of carbonyl (C=O) groups excluding carboxylic acids is 3. The van der Waals surface area contributed by atoms with Gasteiger partial charge in [-0.2, -0.15) is 0 Å². The zero-order valence-electron chi connectivity index (χ0n) is 11.9. The largest absolute Gasteiger partial charge is 0.469 e. The van der Waals surface area contributed by atoms with Crippen molar-refractivity contribution in [2.45, 2.75) is 19.3 Å². The van der Waals surface area contributed by atoms with Crippen molar-refractivity contribution in [3.63, 3.8) is 0 Å². The minimum absolute atomic E-state index is 0.0181. The van der Waals surface area contributed by atoms with Crippen LogP contribution in [-0.4, -0.2) is 42.9 Å². The average Bonchev–Trinajstić information content (AvgIpc) is 2.84. The van der Waals surface area contributed by atoms with Crippen LogP contribution in [-0.2, 0) is 25.5 Å². The van der Waals surface area contributed by atoms with E-state index < -0.39 is 0 Å². The van der Waals surface area contributed by atoms with Crippen LogP contribution in [0, 0.1) is 0 Å². The molecule has 1 aromatic carbocycles. The first-order chi connectivity index (χ1) is 10.1. The van der Waals surface area contributed by atoms with Gasteiger partial charge in [0, 0.05) is 18.7 Å². The Morgan fingerprint density at radius 1 is 1.38 bits per heavy atom. The molecule has 21 heavy (non-hydrogen) atoms. The maximum atomic E-state index is 11.9. The molecular formula is C15H18N2O4. The molecule has 6 nitrogen and oxygen atoms in total. The third-order valence-corrected chi connectivity index (χ3v) is 3.29. The molecule has 1 aliphatic rings. The minimum atomic E-state index is -0.332. The fourth-order valence-corrected chi connectivity index (χ4v) is 2.24. The van der Waals surface area contributed by atoms with Crippen LogP contribution in [0.1, 0.15) is 18.4 Å². The molecule has 0 aliphatic carbocycles. The molecule has 1 fully saturated rings. The van der Waals surface area contributed by atoms with Crippen molar-refractivity contribution >= 4 is 23.5 Å². The van der Waals surface area contributed by atoms with Gasteiger partial charge in [-0.25, -0.2) is 0 Å². The molecule has 0 bridgehead atoms. The van der Waals surface area contributed by atoms with Gasteiger partial charge in [0.05, 0.1) is 20.1 Å². The van der Waals surface area contributed by atoms with Gasteiger partial charge in [-0.1, -0.05) is 12.1 Å². The monoisotopic (exact) mass is 290 g/mol. The minimum Gasteiger partial charge on any atom is -0.469 e. The van der Waals surface area contributed by atoms with Crippen molar-refractivity contribution < 1.29 is 19.1 Å². The molecule has 0 radical (unpaired) electrons. The van der Waals surface area contributed by atoms with Gasteiger partial charge in [0.15, 0.2) is 0 Å². The predicted octanol–water partition coefficient (Wildman–Crippen LogP) is 0.963. The summed E-state index contributed by atoms with van der Waals surface area (Å²) in [6.45, 7) is 0.703. The summed E-state index contributed by atoms with van der Waals surface area (Å²) in [5.74, 6) is -0.550. The highest BCUT2D eigenvalue weighted by atomic mass is 16.5. The van der Waals surface area contributed by atoms with E-state index in [9.17, 15) is 14.4 Å². The van der Waals surface area contributed by atoms with E-state index in [1.807, 2.05) is 0 Å². The first-order valence-electron chi connectivity index (χ1n) is 6.82. The SMILES string of the molecule is COC(=O)Cc1cccc(NC(=O)CN2CCCC2=O)c1. The van der Waals surface area contributed by atoms with Crippen molar-refractivity contribution in [3.05, 3.63) is 29.8 Å². The van der Waals surface area contributed by atoms with E-state index in [2.05, 4.69) is 10.1 Å². The van der Waals surface area contributed by atoms with Crippen molar-refractivity contribution in [2.24, 2.45) is 0 Å². The molecule has 6 heteroatoms. The number of methoxy groups -OCH3 is 1. The molecule has 1 aromatic rings. The Balaban J connectivity index is 1.92. The quantitative estimate of drug-likeness (QED) is 0.820. The molecule has 1 N–H and O–H groups in total. The molecule has 1 saturated heterocycles. The Morgan fingerprint density at radius 2 is 2.19 bits per heavy atom. The van der Waals surface area contributed by atoms with Gasteiger partial charge in [0.2, 0.25) is 11.8 Å². The summed E-state index contributed by atoms with van der Waals surface area (Å²) in [6, 6.07) is 7.01. The van der Waals surface area contributed by atoms with Crippen LogP contribution >= 0.6 is 0 Å². The average molecular weight is 290 g/mol. The summed E-state index contributed by atoms with van der Waals surface area (Å²) in [4.78, 5) is 36.1. The number of benzene rings is 1. The fourth-order valence-electron chi connectivity index (χ4n) is 2.24. The molecule has 1 aliphatic heterocycles. The topological polar surface area (TPSA) is 75.7 Å². The zero-order valence-corrected chi connectivity index (χ0v) is 11.9. The van der Waals surface area contributed by atoms with Gasteiger partial charge in [-0.15, -0.1) is 0 Å². The molecule has 0 aromatic heterocycles. The normalized spacial score (nSPS) is 14.1. The molecule has 0 saturated carbocycles. The first kappa shape index (κ1) is 15.0. The summed E-state index contributed by atoms with van der Waals surface area (Å²) >= 11 is 0. The number of rotatable bonds is 5. The highest BCUT2D eigenvalue weighted by Gasteiger charge is 2.22. The van der Waals surface area contributed by atoms with Gasteiger partial charge < -0.3 is 15.0 Å². The summed E-state index contributed by atoms with van der Waals surface area (Å²) in [7, 11) is 1.33. The van der Waals surface area contributed by atoms with Crippen LogP contribution in [0.4, 0.5) is 5.69 Å². The lowest BCUT2D eigenvalue weighted by molar-refractivity contribution is -0.139. The van der Waals surface area contributed by atoms with Crippen LogP contribution in [0.15, 0.2) is 24.3 Å². The van der Waals surface area contributed by atoms with E-state index in [0.717, 1.165) is 12.0 Å². The lowest BCUT2D eigenvalue weighted by Gasteiger charge is -2.15. The lowest BCUT2D eigenvalue weighted by atomic mass is 10.1. The highest BCUT2D eigenvalue weighted by molar-refractivity contribution is 5.95. The highest BCUT2D eigenvalue weighted by Crippen LogP contribution is 2.13. The van der Waals surface area contributed by atoms with E-state index in [-0.39, 0.29) is 30.7 Å². The Morgan fingerprint density at radius 3 is 2.86 bits per heavy atom. The van der Waals surface area contributed by atoms with E-state index in [1.54, 1.807) is 29.2 Å². The number of hydrogen-bond donors (Lipinski definition) is 1. The Labute approximate surface area is 123 Å². The molecule has 2 rings (SSSR count). The number of anilines is 1. The number of nitrogens with zero attached hydrogens (tertiary/aromatic N) is 1.